The summed E-state index contributed by atoms with van der Waals surface area (Å²) in [5.74, 6) is -0.310. The van der Waals surface area contributed by atoms with Crippen LogP contribution in [0.25, 0.3) is 0 Å². The fraction of sp³-hybridized carbons (Fsp3) is 0.500. The Morgan fingerprint density at radius 2 is 1.96 bits per heavy atom. The van der Waals surface area contributed by atoms with E-state index >= 15 is 0 Å². The van der Waals surface area contributed by atoms with E-state index in [-0.39, 0.29) is 29.4 Å². The molecule has 1 atom stereocenters. The van der Waals surface area contributed by atoms with Crippen molar-refractivity contribution in [2.75, 3.05) is 23.9 Å². The van der Waals surface area contributed by atoms with Crippen LogP contribution >= 0.6 is 0 Å². The van der Waals surface area contributed by atoms with Crippen LogP contribution in [0.5, 0.6) is 5.75 Å². The van der Waals surface area contributed by atoms with Gasteiger partial charge in [0.25, 0.3) is 0 Å². The number of methoxy groups -OCH3 is 1. The Kier molecular flexibility index (Phi) is 4.71. The number of hydrogen-bond donors (Lipinski definition) is 2. The summed E-state index contributed by atoms with van der Waals surface area (Å²) in [5, 5.41) is 4.79. The summed E-state index contributed by atoms with van der Waals surface area (Å²) in [6.07, 6.45) is -4.35. The van der Waals surface area contributed by atoms with Crippen molar-refractivity contribution in [2.45, 2.75) is 25.1 Å². The third-order valence-corrected chi connectivity index (χ3v) is 5.55. The molecule has 0 unspecified atom stereocenters. The lowest BCUT2D eigenvalue weighted by Gasteiger charge is -2.24. The first-order valence-corrected chi connectivity index (χ1v) is 8.80. The van der Waals surface area contributed by atoms with Crippen LogP contribution in [0.3, 0.4) is 0 Å². The average molecular weight is 366 g/mol. The van der Waals surface area contributed by atoms with Crippen LogP contribution in [0.4, 0.5) is 23.7 Å². The number of halogens is 3. The Morgan fingerprint density at radius 1 is 1.29 bits per heavy atom. The molecule has 0 bridgehead atoms. The van der Waals surface area contributed by atoms with Crippen molar-refractivity contribution in [3.05, 3.63) is 23.8 Å². The normalized spacial score (nSPS) is 22.9. The Hall–Kier alpha value is -1.97. The molecule has 1 aliphatic rings. The summed E-state index contributed by atoms with van der Waals surface area (Å²) < 4.78 is 66.4. The number of sulfone groups is 1. The van der Waals surface area contributed by atoms with Gasteiger partial charge in [-0.2, -0.15) is 13.2 Å². The van der Waals surface area contributed by atoms with E-state index < -0.39 is 33.1 Å². The van der Waals surface area contributed by atoms with Gasteiger partial charge in [-0.1, -0.05) is 0 Å². The lowest BCUT2D eigenvalue weighted by molar-refractivity contribution is -0.137. The third-order valence-electron chi connectivity index (χ3n) is 3.65. The van der Waals surface area contributed by atoms with Gasteiger partial charge in [-0.05, 0) is 25.5 Å². The summed E-state index contributed by atoms with van der Waals surface area (Å²) in [7, 11) is -2.01. The second-order valence-corrected chi connectivity index (χ2v) is 8.11. The first-order chi connectivity index (χ1) is 10.9. The van der Waals surface area contributed by atoms with E-state index in [9.17, 15) is 26.4 Å². The number of alkyl halides is 3. The van der Waals surface area contributed by atoms with Crippen LogP contribution in [0, 0.1) is 0 Å². The minimum Gasteiger partial charge on any atom is -0.497 e. The molecule has 10 heteroatoms. The predicted molar refractivity (Wildman–Crippen MR) is 81.8 cm³/mol. The van der Waals surface area contributed by atoms with Gasteiger partial charge in [0.1, 0.15) is 5.75 Å². The maximum absolute atomic E-state index is 12.8. The van der Waals surface area contributed by atoms with Crippen molar-refractivity contribution >= 4 is 21.6 Å². The molecule has 0 aromatic heterocycles. The maximum Gasteiger partial charge on any atom is 0.416 e. The van der Waals surface area contributed by atoms with Crippen LogP contribution in [0.2, 0.25) is 0 Å². The number of benzene rings is 1. The van der Waals surface area contributed by atoms with Crippen LogP contribution in [0.1, 0.15) is 18.9 Å². The zero-order valence-electron chi connectivity index (χ0n) is 13.0. The van der Waals surface area contributed by atoms with Gasteiger partial charge in [0, 0.05) is 11.8 Å². The van der Waals surface area contributed by atoms with E-state index in [1.807, 2.05) is 0 Å². The molecule has 1 aromatic rings. The van der Waals surface area contributed by atoms with Gasteiger partial charge < -0.3 is 15.4 Å². The Morgan fingerprint density at radius 3 is 2.46 bits per heavy atom. The number of urea groups is 1. The molecule has 1 heterocycles. The topological polar surface area (TPSA) is 84.5 Å². The largest absolute Gasteiger partial charge is 0.497 e. The maximum atomic E-state index is 12.8. The standard InChI is InChI=1S/C14H17F3N2O4S/c1-13(3-4-24(21,22)8-13)19-12(20)18-10-5-9(14(15,16)17)6-11(7-10)23-2/h5-7H,3-4,8H2,1-2H3,(H2,18,19,20)/t13-/m1/s1. The molecule has 2 amide bonds. The lowest BCUT2D eigenvalue weighted by atomic mass is 10.0. The highest BCUT2D eigenvalue weighted by molar-refractivity contribution is 7.91. The number of carbonyl (C=O) groups is 1. The molecule has 2 rings (SSSR count). The van der Waals surface area contributed by atoms with E-state index in [4.69, 9.17) is 4.74 Å². The van der Waals surface area contributed by atoms with Gasteiger partial charge in [0.05, 0.1) is 29.7 Å². The van der Waals surface area contributed by atoms with Gasteiger partial charge in [-0.25, -0.2) is 13.2 Å². The highest BCUT2D eigenvalue weighted by Gasteiger charge is 2.39. The Balaban J connectivity index is 2.14. The number of anilines is 1. The number of carbonyl (C=O) groups excluding carboxylic acids is 1. The number of rotatable bonds is 3. The average Bonchev–Trinajstić information content (AvgIpc) is 2.70. The molecule has 0 radical (unpaired) electrons. The van der Waals surface area contributed by atoms with E-state index in [2.05, 4.69) is 10.6 Å². The van der Waals surface area contributed by atoms with Crippen LogP contribution < -0.4 is 15.4 Å². The first kappa shape index (κ1) is 18.4. The van der Waals surface area contributed by atoms with E-state index in [1.54, 1.807) is 6.92 Å². The van der Waals surface area contributed by atoms with Crippen molar-refractivity contribution < 1.29 is 31.1 Å². The Bertz CT molecular complexity index is 749. The smallest absolute Gasteiger partial charge is 0.416 e. The molecule has 134 valence electrons. The molecule has 1 saturated heterocycles. The van der Waals surface area contributed by atoms with Crippen molar-refractivity contribution in [1.29, 1.82) is 0 Å². The van der Waals surface area contributed by atoms with Crippen LogP contribution in [-0.2, 0) is 16.0 Å². The van der Waals surface area contributed by atoms with Gasteiger partial charge in [0.2, 0.25) is 0 Å². The molecule has 0 spiro atoms. The molecular formula is C14H17F3N2O4S. The molecular weight excluding hydrogens is 349 g/mol. The number of nitrogens with one attached hydrogen (secondary N) is 2. The molecule has 6 nitrogen and oxygen atoms in total. The zero-order chi connectivity index (χ0) is 18.2. The molecule has 0 saturated carbocycles. The van der Waals surface area contributed by atoms with Crippen molar-refractivity contribution in [2.24, 2.45) is 0 Å². The van der Waals surface area contributed by atoms with Crippen molar-refractivity contribution in [3.63, 3.8) is 0 Å². The van der Waals surface area contributed by atoms with Crippen LogP contribution in [0.15, 0.2) is 18.2 Å². The number of hydrogen-bond acceptors (Lipinski definition) is 4. The SMILES string of the molecule is COc1cc(NC(=O)N[C@]2(C)CCS(=O)(=O)C2)cc(C(F)(F)F)c1. The lowest BCUT2D eigenvalue weighted by Crippen LogP contribution is -2.48. The fourth-order valence-corrected chi connectivity index (χ4v) is 4.59. The van der Waals surface area contributed by atoms with Gasteiger partial charge >= 0.3 is 12.2 Å². The van der Waals surface area contributed by atoms with E-state index in [0.29, 0.717) is 0 Å². The van der Waals surface area contributed by atoms with Gasteiger partial charge in [0.15, 0.2) is 9.84 Å². The molecule has 0 aliphatic carbocycles. The summed E-state index contributed by atoms with van der Waals surface area (Å²) in [5.41, 5.74) is -2.02. The van der Waals surface area contributed by atoms with Gasteiger partial charge in [-0.15, -0.1) is 0 Å². The number of amides is 2. The predicted octanol–water partition coefficient (Wildman–Crippen LogP) is 2.41. The molecule has 24 heavy (non-hydrogen) atoms. The monoisotopic (exact) mass is 366 g/mol. The van der Waals surface area contributed by atoms with Crippen molar-refractivity contribution in [1.82, 2.24) is 5.32 Å². The quantitative estimate of drug-likeness (QED) is 0.860. The highest BCUT2D eigenvalue weighted by atomic mass is 32.2. The molecule has 2 N–H and O–H groups in total. The van der Waals surface area contributed by atoms with Crippen molar-refractivity contribution in [3.8, 4) is 5.75 Å². The number of ether oxygens (including phenoxy) is 1. The van der Waals surface area contributed by atoms with Crippen LogP contribution in [-0.4, -0.2) is 38.6 Å². The summed E-state index contributed by atoms with van der Waals surface area (Å²) >= 11 is 0. The first-order valence-electron chi connectivity index (χ1n) is 6.98. The Labute approximate surface area is 137 Å². The molecule has 1 aromatic carbocycles. The highest BCUT2D eigenvalue weighted by Crippen LogP contribution is 2.34. The summed E-state index contributed by atoms with van der Waals surface area (Å²) in [6, 6.07) is 2.04. The zero-order valence-corrected chi connectivity index (χ0v) is 13.8. The second kappa shape index (κ2) is 6.15. The fourth-order valence-electron chi connectivity index (χ4n) is 2.50. The molecule has 1 aliphatic heterocycles. The second-order valence-electron chi connectivity index (χ2n) is 5.93. The third kappa shape index (κ3) is 4.53. The minimum absolute atomic E-state index is 0.0405. The van der Waals surface area contributed by atoms with E-state index in [1.165, 1.54) is 13.2 Å². The summed E-state index contributed by atoms with van der Waals surface area (Å²) in [4.78, 5) is 12.0. The van der Waals surface area contributed by atoms with E-state index in [0.717, 1.165) is 12.1 Å². The summed E-state index contributed by atoms with van der Waals surface area (Å²) in [6.45, 7) is 1.57. The van der Waals surface area contributed by atoms with Gasteiger partial charge in [-0.3, -0.25) is 0 Å². The molecule has 1 fully saturated rings. The minimum atomic E-state index is -4.59.